The minimum absolute atomic E-state index is 0.0454. The van der Waals surface area contributed by atoms with Gasteiger partial charge in [0, 0.05) is 11.0 Å². The molecule has 1 aromatic heterocycles. The van der Waals surface area contributed by atoms with E-state index >= 15 is 0 Å². The molecule has 3 N–H and O–H groups in total. The van der Waals surface area contributed by atoms with Crippen LogP contribution in [0.5, 0.6) is 0 Å². The lowest BCUT2D eigenvalue weighted by Crippen LogP contribution is -2.25. The maximum atomic E-state index is 11.5. The van der Waals surface area contributed by atoms with Gasteiger partial charge in [0.25, 0.3) is 5.91 Å². The Bertz CT molecular complexity index is 424. The Morgan fingerprint density at radius 3 is 2.56 bits per heavy atom. The molecule has 5 nitrogen and oxygen atoms in total. The molecule has 0 radical (unpaired) electrons. The Kier molecular flexibility index (Phi) is 5.15. The van der Waals surface area contributed by atoms with E-state index in [-0.39, 0.29) is 18.6 Å². The van der Waals surface area contributed by atoms with Crippen LogP contribution < -0.4 is 5.32 Å². The van der Waals surface area contributed by atoms with E-state index in [0.29, 0.717) is 4.88 Å². The highest BCUT2D eigenvalue weighted by molar-refractivity contribution is 9.13. The zero-order valence-electron chi connectivity index (χ0n) is 7.81. The molecule has 0 aliphatic heterocycles. The lowest BCUT2D eigenvalue weighted by molar-refractivity contribution is 0.0960. The summed E-state index contributed by atoms with van der Waals surface area (Å²) in [7, 11) is -4.05. The molecule has 0 aliphatic rings. The first-order valence-corrected chi connectivity index (χ1v) is 8.27. The van der Waals surface area contributed by atoms with Crippen molar-refractivity contribution in [2.75, 3.05) is 12.7 Å². The van der Waals surface area contributed by atoms with Crippen molar-refractivity contribution >= 4 is 56.7 Å². The summed E-state index contributed by atoms with van der Waals surface area (Å²) in [5.41, 5.74) is 0. The summed E-state index contributed by atoms with van der Waals surface area (Å²) in [4.78, 5) is 29.2. The average Bonchev–Trinajstić information content (AvgIpc) is 2.45. The van der Waals surface area contributed by atoms with Crippen LogP contribution in [0.15, 0.2) is 14.3 Å². The molecule has 0 spiro atoms. The SMILES string of the molecule is O=C(NCCP(=O)(O)O)c1cc(Br)c(Br)s1. The summed E-state index contributed by atoms with van der Waals surface area (Å²) < 4.78 is 12.1. The van der Waals surface area contributed by atoms with Gasteiger partial charge in [-0.25, -0.2) is 0 Å². The minimum Gasteiger partial charge on any atom is -0.351 e. The van der Waals surface area contributed by atoms with Gasteiger partial charge in [0.15, 0.2) is 0 Å². The average molecular weight is 393 g/mol. The van der Waals surface area contributed by atoms with Crippen molar-refractivity contribution in [3.05, 3.63) is 19.2 Å². The van der Waals surface area contributed by atoms with Crippen molar-refractivity contribution in [3.8, 4) is 0 Å². The van der Waals surface area contributed by atoms with Crippen LogP contribution in [0.4, 0.5) is 0 Å². The molecule has 0 saturated heterocycles. The smallest absolute Gasteiger partial charge is 0.327 e. The fraction of sp³-hybridized carbons (Fsp3) is 0.286. The zero-order valence-corrected chi connectivity index (χ0v) is 12.7. The third-order valence-corrected chi connectivity index (χ3v) is 5.62. The van der Waals surface area contributed by atoms with E-state index in [1.54, 1.807) is 6.07 Å². The lowest BCUT2D eigenvalue weighted by Gasteiger charge is -2.04. The fourth-order valence-corrected chi connectivity index (χ4v) is 3.22. The second-order valence-electron chi connectivity index (χ2n) is 2.88. The highest BCUT2D eigenvalue weighted by atomic mass is 79.9. The summed E-state index contributed by atoms with van der Waals surface area (Å²) in [5.74, 6) is -0.343. The largest absolute Gasteiger partial charge is 0.351 e. The number of amides is 1. The Hall–Kier alpha value is 0.280. The first kappa shape index (κ1) is 14.3. The monoisotopic (exact) mass is 391 g/mol. The van der Waals surface area contributed by atoms with E-state index in [2.05, 4.69) is 37.2 Å². The number of thiophene rings is 1. The number of nitrogens with one attached hydrogen (secondary N) is 1. The third-order valence-electron chi connectivity index (χ3n) is 1.56. The van der Waals surface area contributed by atoms with E-state index in [1.165, 1.54) is 11.3 Å². The molecule has 1 heterocycles. The van der Waals surface area contributed by atoms with E-state index in [1.807, 2.05) is 0 Å². The molecule has 0 bridgehead atoms. The van der Waals surface area contributed by atoms with Crippen LogP contribution in [0.2, 0.25) is 0 Å². The van der Waals surface area contributed by atoms with Crippen molar-refractivity contribution in [2.24, 2.45) is 0 Å². The van der Waals surface area contributed by atoms with Gasteiger partial charge >= 0.3 is 7.60 Å². The number of rotatable bonds is 4. The third kappa shape index (κ3) is 4.65. The highest BCUT2D eigenvalue weighted by Crippen LogP contribution is 2.33. The molecule has 0 saturated carbocycles. The maximum Gasteiger partial charge on any atom is 0.327 e. The fourth-order valence-electron chi connectivity index (χ4n) is 0.861. The molecule has 1 aromatic rings. The maximum absolute atomic E-state index is 11.5. The highest BCUT2D eigenvalue weighted by Gasteiger charge is 2.15. The molecule has 0 fully saturated rings. The topological polar surface area (TPSA) is 86.6 Å². The van der Waals surface area contributed by atoms with Gasteiger partial charge in [-0.3, -0.25) is 9.36 Å². The molecule has 0 aromatic carbocycles. The number of halogens is 2. The Balaban J connectivity index is 2.50. The summed E-state index contributed by atoms with van der Waals surface area (Å²) in [6, 6.07) is 1.64. The first-order valence-electron chi connectivity index (χ1n) is 4.07. The molecular formula is C7H8Br2NO4PS. The van der Waals surface area contributed by atoms with Crippen LogP contribution in [0.3, 0.4) is 0 Å². The van der Waals surface area contributed by atoms with Crippen molar-refractivity contribution in [3.63, 3.8) is 0 Å². The molecule has 16 heavy (non-hydrogen) atoms. The van der Waals surface area contributed by atoms with Crippen molar-refractivity contribution in [2.45, 2.75) is 0 Å². The van der Waals surface area contributed by atoms with Gasteiger partial charge in [0.2, 0.25) is 0 Å². The molecule has 0 unspecified atom stereocenters. The van der Waals surface area contributed by atoms with Crippen LogP contribution in [-0.4, -0.2) is 28.4 Å². The second-order valence-corrected chi connectivity index (χ2v) is 7.88. The van der Waals surface area contributed by atoms with Gasteiger partial charge in [-0.15, -0.1) is 11.3 Å². The van der Waals surface area contributed by atoms with Gasteiger partial charge in [0.05, 0.1) is 14.8 Å². The van der Waals surface area contributed by atoms with Crippen LogP contribution in [0, 0.1) is 0 Å². The summed E-state index contributed by atoms with van der Waals surface area (Å²) in [5, 5.41) is 2.43. The van der Waals surface area contributed by atoms with Gasteiger partial charge in [-0.1, -0.05) is 0 Å². The Morgan fingerprint density at radius 2 is 2.12 bits per heavy atom. The lowest BCUT2D eigenvalue weighted by atomic mass is 10.4. The Morgan fingerprint density at radius 1 is 1.50 bits per heavy atom. The van der Waals surface area contributed by atoms with Gasteiger partial charge in [0.1, 0.15) is 0 Å². The molecule has 9 heteroatoms. The number of carbonyl (C=O) groups is 1. The molecule has 1 rings (SSSR count). The number of carbonyl (C=O) groups excluding carboxylic acids is 1. The van der Waals surface area contributed by atoms with Crippen molar-refractivity contribution in [1.82, 2.24) is 5.32 Å². The van der Waals surface area contributed by atoms with Gasteiger partial charge < -0.3 is 15.1 Å². The zero-order chi connectivity index (χ0) is 12.3. The van der Waals surface area contributed by atoms with E-state index in [0.717, 1.165) is 8.26 Å². The van der Waals surface area contributed by atoms with Crippen LogP contribution in [0.25, 0.3) is 0 Å². The second kappa shape index (κ2) is 5.75. The molecule has 1 amide bonds. The van der Waals surface area contributed by atoms with Gasteiger partial charge in [-0.05, 0) is 37.9 Å². The summed E-state index contributed by atoms with van der Waals surface area (Å²) >= 11 is 7.74. The molecular weight excluding hydrogens is 385 g/mol. The van der Waals surface area contributed by atoms with E-state index in [9.17, 15) is 9.36 Å². The van der Waals surface area contributed by atoms with Crippen LogP contribution >= 0.6 is 50.8 Å². The van der Waals surface area contributed by atoms with E-state index < -0.39 is 7.60 Å². The molecule has 0 atom stereocenters. The Labute approximate surface area is 113 Å². The van der Waals surface area contributed by atoms with Crippen LogP contribution in [-0.2, 0) is 4.57 Å². The predicted molar refractivity (Wildman–Crippen MR) is 69.0 cm³/mol. The quantitative estimate of drug-likeness (QED) is 0.685. The minimum atomic E-state index is -4.05. The standard InChI is InChI=1S/C7H8Br2NO4PS/c8-4-3-5(16-6(4)9)7(11)10-1-2-15(12,13)14/h3H,1-2H2,(H,10,11)(H2,12,13,14). The van der Waals surface area contributed by atoms with Crippen LogP contribution in [0.1, 0.15) is 9.67 Å². The summed E-state index contributed by atoms with van der Waals surface area (Å²) in [6.07, 6.45) is -0.355. The van der Waals surface area contributed by atoms with Crippen molar-refractivity contribution < 1.29 is 19.1 Å². The van der Waals surface area contributed by atoms with Gasteiger partial charge in [-0.2, -0.15) is 0 Å². The van der Waals surface area contributed by atoms with Crippen molar-refractivity contribution in [1.29, 1.82) is 0 Å². The number of hydrogen-bond acceptors (Lipinski definition) is 3. The number of hydrogen-bond donors (Lipinski definition) is 3. The summed E-state index contributed by atoms with van der Waals surface area (Å²) in [6.45, 7) is -0.0454. The molecule has 90 valence electrons. The predicted octanol–water partition coefficient (Wildman–Crippen LogP) is 2.18. The first-order chi connectivity index (χ1) is 7.29. The molecule has 0 aliphatic carbocycles. The van der Waals surface area contributed by atoms with E-state index in [4.69, 9.17) is 9.79 Å². The normalized spacial score (nSPS) is 11.5.